The molecule has 0 heterocycles. The van der Waals surface area contributed by atoms with Crippen molar-refractivity contribution in [2.24, 2.45) is 11.1 Å². The largest absolute Gasteiger partial charge is 0.480 e. The maximum absolute atomic E-state index is 11.8. The van der Waals surface area contributed by atoms with Gasteiger partial charge in [-0.05, 0) is 27.7 Å². The summed E-state index contributed by atoms with van der Waals surface area (Å²) in [5, 5.41) is 11.2. The zero-order valence-corrected chi connectivity index (χ0v) is 11.2. The van der Waals surface area contributed by atoms with Crippen LogP contribution in [0.15, 0.2) is 0 Å². The van der Waals surface area contributed by atoms with Gasteiger partial charge in [-0.3, -0.25) is 9.59 Å². The third-order valence-corrected chi connectivity index (χ3v) is 2.54. The number of rotatable bonds is 6. The van der Waals surface area contributed by atoms with E-state index in [1.807, 2.05) is 0 Å². The van der Waals surface area contributed by atoms with Crippen LogP contribution in [0.5, 0.6) is 0 Å². The van der Waals surface area contributed by atoms with Crippen molar-refractivity contribution >= 4 is 17.9 Å². The number of nitrogens with two attached hydrogens (primary N) is 1. The number of urea groups is 1. The molecule has 4 N–H and O–H groups in total. The zero-order chi connectivity index (χ0) is 14.5. The van der Waals surface area contributed by atoms with Crippen molar-refractivity contribution in [2.45, 2.75) is 33.7 Å². The Balaban J connectivity index is 4.54. The van der Waals surface area contributed by atoms with Crippen molar-refractivity contribution in [3.8, 4) is 0 Å². The zero-order valence-electron chi connectivity index (χ0n) is 11.2. The summed E-state index contributed by atoms with van der Waals surface area (Å²) in [6.07, 6.45) is 0. The first-order valence-corrected chi connectivity index (χ1v) is 5.64. The van der Waals surface area contributed by atoms with Gasteiger partial charge in [0.05, 0.1) is 5.41 Å². The maximum atomic E-state index is 11.8. The van der Waals surface area contributed by atoms with Crippen LogP contribution < -0.4 is 11.1 Å². The first kappa shape index (κ1) is 16.2. The molecule has 0 aliphatic heterocycles. The van der Waals surface area contributed by atoms with Crippen LogP contribution in [0.4, 0.5) is 4.79 Å². The molecule has 7 nitrogen and oxygen atoms in total. The van der Waals surface area contributed by atoms with Crippen LogP contribution in [0.1, 0.15) is 27.7 Å². The molecule has 0 radical (unpaired) electrons. The van der Waals surface area contributed by atoms with E-state index in [0.29, 0.717) is 0 Å². The summed E-state index contributed by atoms with van der Waals surface area (Å²) in [4.78, 5) is 34.7. The van der Waals surface area contributed by atoms with E-state index in [-0.39, 0.29) is 19.1 Å². The summed E-state index contributed by atoms with van der Waals surface area (Å²) in [5.74, 6) is -1.62. The molecule has 0 aromatic carbocycles. The smallest absolute Gasteiger partial charge is 0.323 e. The Labute approximate surface area is 106 Å². The first-order valence-electron chi connectivity index (χ1n) is 5.64. The monoisotopic (exact) mass is 259 g/mol. The number of carboxylic acids is 1. The first-order chi connectivity index (χ1) is 8.08. The normalized spacial score (nSPS) is 11.2. The lowest BCUT2D eigenvalue weighted by Gasteiger charge is -2.27. The average Bonchev–Trinajstić information content (AvgIpc) is 2.21. The molecule has 0 aliphatic rings. The third-order valence-electron chi connectivity index (χ3n) is 2.54. The summed E-state index contributed by atoms with van der Waals surface area (Å²) in [6, 6.07) is -0.778. The number of nitrogens with one attached hydrogen (secondary N) is 1. The minimum Gasteiger partial charge on any atom is -0.480 e. The van der Waals surface area contributed by atoms with Gasteiger partial charge in [0, 0.05) is 12.6 Å². The van der Waals surface area contributed by atoms with Gasteiger partial charge in [-0.25, -0.2) is 4.79 Å². The minimum absolute atomic E-state index is 0.0595. The number of amides is 3. The molecule has 0 bridgehead atoms. The molecule has 0 aromatic rings. The van der Waals surface area contributed by atoms with E-state index in [0.717, 1.165) is 0 Å². The van der Waals surface area contributed by atoms with Crippen LogP contribution in [-0.2, 0) is 9.59 Å². The van der Waals surface area contributed by atoms with Gasteiger partial charge < -0.3 is 21.1 Å². The average molecular weight is 259 g/mol. The number of aliphatic carboxylic acids is 1. The van der Waals surface area contributed by atoms with Crippen LogP contribution in [-0.4, -0.2) is 47.0 Å². The quantitative estimate of drug-likeness (QED) is 0.623. The van der Waals surface area contributed by atoms with Gasteiger partial charge in [-0.2, -0.15) is 0 Å². The Morgan fingerprint density at radius 3 is 2.17 bits per heavy atom. The number of hydrogen-bond donors (Lipinski definition) is 3. The van der Waals surface area contributed by atoms with Gasteiger partial charge in [-0.15, -0.1) is 0 Å². The molecule has 0 aromatic heterocycles. The number of primary amides is 1. The van der Waals surface area contributed by atoms with E-state index in [9.17, 15) is 14.4 Å². The van der Waals surface area contributed by atoms with Crippen LogP contribution >= 0.6 is 0 Å². The standard InChI is InChI=1S/C11H21N3O4/c1-7(2)14(5-8(15)16)10(18)13-6-11(3,4)9(12)17/h7H,5-6H2,1-4H3,(H2,12,17)(H,13,18)(H,15,16). The predicted octanol–water partition coefficient (Wildman–Crippen LogP) is 0.00250. The van der Waals surface area contributed by atoms with Crippen molar-refractivity contribution in [2.75, 3.05) is 13.1 Å². The van der Waals surface area contributed by atoms with Crippen LogP contribution in [0.2, 0.25) is 0 Å². The number of carbonyl (C=O) groups excluding carboxylic acids is 2. The molecule has 0 saturated heterocycles. The fourth-order valence-corrected chi connectivity index (χ4v) is 1.12. The fourth-order valence-electron chi connectivity index (χ4n) is 1.12. The van der Waals surface area contributed by atoms with Gasteiger partial charge in [-0.1, -0.05) is 0 Å². The molecule has 18 heavy (non-hydrogen) atoms. The van der Waals surface area contributed by atoms with Crippen molar-refractivity contribution < 1.29 is 19.5 Å². The minimum atomic E-state index is -1.09. The van der Waals surface area contributed by atoms with Gasteiger partial charge >= 0.3 is 12.0 Å². The summed E-state index contributed by atoms with van der Waals surface area (Å²) >= 11 is 0. The van der Waals surface area contributed by atoms with Gasteiger partial charge in [0.1, 0.15) is 6.54 Å². The highest BCUT2D eigenvalue weighted by atomic mass is 16.4. The molecule has 7 heteroatoms. The summed E-state index contributed by atoms with van der Waals surface area (Å²) in [6.45, 7) is 6.30. The molecule has 0 unspecified atom stereocenters. The Hall–Kier alpha value is -1.79. The molecular formula is C11H21N3O4. The summed E-state index contributed by atoms with van der Waals surface area (Å²) in [5.41, 5.74) is 4.30. The summed E-state index contributed by atoms with van der Waals surface area (Å²) < 4.78 is 0. The van der Waals surface area contributed by atoms with Crippen LogP contribution in [0, 0.1) is 5.41 Å². The number of carboxylic acid groups (broad SMARTS) is 1. The molecular weight excluding hydrogens is 238 g/mol. The van der Waals surface area contributed by atoms with Crippen molar-refractivity contribution in [1.82, 2.24) is 10.2 Å². The van der Waals surface area contributed by atoms with E-state index in [1.165, 1.54) is 4.90 Å². The van der Waals surface area contributed by atoms with Crippen molar-refractivity contribution in [3.63, 3.8) is 0 Å². The van der Waals surface area contributed by atoms with Crippen LogP contribution in [0.3, 0.4) is 0 Å². The second-order valence-corrected chi connectivity index (χ2v) is 5.02. The molecule has 0 spiro atoms. The lowest BCUT2D eigenvalue weighted by Crippen LogP contribution is -2.50. The van der Waals surface area contributed by atoms with Gasteiger partial charge in [0.2, 0.25) is 5.91 Å². The number of nitrogens with zero attached hydrogens (tertiary/aromatic N) is 1. The third kappa shape index (κ3) is 5.03. The van der Waals surface area contributed by atoms with E-state index in [4.69, 9.17) is 10.8 Å². The highest BCUT2D eigenvalue weighted by Crippen LogP contribution is 2.12. The van der Waals surface area contributed by atoms with Crippen molar-refractivity contribution in [1.29, 1.82) is 0 Å². The van der Waals surface area contributed by atoms with E-state index in [2.05, 4.69) is 5.32 Å². The second-order valence-electron chi connectivity index (χ2n) is 5.02. The number of hydrogen-bond acceptors (Lipinski definition) is 3. The molecule has 3 amide bonds. The highest BCUT2D eigenvalue weighted by molar-refractivity contribution is 5.83. The second kappa shape index (κ2) is 6.23. The predicted molar refractivity (Wildman–Crippen MR) is 65.9 cm³/mol. The lowest BCUT2D eigenvalue weighted by molar-refractivity contribution is -0.138. The lowest BCUT2D eigenvalue weighted by atomic mass is 9.93. The Kier molecular flexibility index (Phi) is 5.61. The Morgan fingerprint density at radius 2 is 1.83 bits per heavy atom. The molecule has 0 atom stereocenters. The molecule has 0 aliphatic carbocycles. The van der Waals surface area contributed by atoms with E-state index >= 15 is 0 Å². The Morgan fingerprint density at radius 1 is 1.33 bits per heavy atom. The van der Waals surface area contributed by atoms with Crippen LogP contribution in [0.25, 0.3) is 0 Å². The SMILES string of the molecule is CC(C)N(CC(=O)O)C(=O)NCC(C)(C)C(N)=O. The maximum Gasteiger partial charge on any atom is 0.323 e. The topological polar surface area (TPSA) is 113 Å². The van der Waals surface area contributed by atoms with E-state index in [1.54, 1.807) is 27.7 Å². The van der Waals surface area contributed by atoms with E-state index < -0.39 is 23.3 Å². The molecule has 0 fully saturated rings. The molecule has 104 valence electrons. The van der Waals surface area contributed by atoms with Crippen molar-refractivity contribution in [3.05, 3.63) is 0 Å². The Bertz CT molecular complexity index is 339. The fraction of sp³-hybridized carbons (Fsp3) is 0.727. The van der Waals surface area contributed by atoms with Gasteiger partial charge in [0.25, 0.3) is 0 Å². The summed E-state index contributed by atoms with van der Waals surface area (Å²) in [7, 11) is 0. The number of carbonyl (C=O) groups is 3. The molecule has 0 rings (SSSR count). The highest BCUT2D eigenvalue weighted by Gasteiger charge is 2.27. The van der Waals surface area contributed by atoms with Gasteiger partial charge in [0.15, 0.2) is 0 Å². The molecule has 0 saturated carbocycles.